The molecular formula is C13H21N3O2S. The van der Waals surface area contributed by atoms with Gasteiger partial charge in [0.15, 0.2) is 0 Å². The summed E-state index contributed by atoms with van der Waals surface area (Å²) in [6, 6.07) is 7.31. The topological polar surface area (TPSA) is 75.4 Å². The Morgan fingerprint density at radius 3 is 2.42 bits per heavy atom. The van der Waals surface area contributed by atoms with Crippen LogP contribution in [0.5, 0.6) is 0 Å². The molecule has 1 aliphatic carbocycles. The fourth-order valence-corrected chi connectivity index (χ4v) is 2.66. The zero-order chi connectivity index (χ0) is 13.9. The fraction of sp³-hybridized carbons (Fsp3) is 0.538. The number of rotatable bonds is 7. The molecule has 106 valence electrons. The van der Waals surface area contributed by atoms with Gasteiger partial charge in [-0.1, -0.05) is 6.92 Å². The highest BCUT2D eigenvalue weighted by Gasteiger charge is 2.26. The van der Waals surface area contributed by atoms with Crippen LogP contribution in [-0.4, -0.2) is 39.0 Å². The minimum Gasteiger partial charge on any atom is -0.384 e. The van der Waals surface area contributed by atoms with Gasteiger partial charge in [-0.2, -0.15) is 0 Å². The Labute approximate surface area is 114 Å². The number of anilines is 1. The highest BCUT2D eigenvalue weighted by molar-refractivity contribution is 7.89. The number of hydrogen-bond acceptors (Lipinski definition) is 4. The van der Waals surface area contributed by atoms with E-state index in [-0.39, 0.29) is 4.90 Å². The number of nitrogens with one attached hydrogen (secondary N) is 1. The summed E-state index contributed by atoms with van der Waals surface area (Å²) in [4.78, 5) is 2.61. The summed E-state index contributed by atoms with van der Waals surface area (Å²) in [5, 5.41) is 8.34. The monoisotopic (exact) mass is 283 g/mol. The SMILES string of the molecule is CCN(CCNc1ccc(S(N)(=O)=O)cc1)C1CC1. The molecule has 0 spiro atoms. The maximum atomic E-state index is 11.1. The fourth-order valence-electron chi connectivity index (χ4n) is 2.14. The van der Waals surface area contributed by atoms with Crippen molar-refractivity contribution >= 4 is 15.7 Å². The molecule has 0 unspecified atom stereocenters. The predicted molar refractivity (Wildman–Crippen MR) is 76.6 cm³/mol. The van der Waals surface area contributed by atoms with Gasteiger partial charge in [0.05, 0.1) is 4.90 Å². The van der Waals surface area contributed by atoms with E-state index >= 15 is 0 Å². The molecule has 3 N–H and O–H groups in total. The first-order valence-electron chi connectivity index (χ1n) is 6.61. The molecule has 0 amide bonds. The second-order valence-corrected chi connectivity index (χ2v) is 6.42. The first-order chi connectivity index (χ1) is 9.00. The van der Waals surface area contributed by atoms with Crippen LogP contribution >= 0.6 is 0 Å². The normalized spacial score (nSPS) is 15.7. The molecule has 2 rings (SSSR count). The van der Waals surface area contributed by atoms with Crippen LogP contribution in [0, 0.1) is 0 Å². The molecule has 0 bridgehead atoms. The molecule has 1 aliphatic rings. The molecule has 0 heterocycles. The van der Waals surface area contributed by atoms with Crippen molar-refractivity contribution in [2.75, 3.05) is 25.0 Å². The van der Waals surface area contributed by atoms with E-state index in [1.165, 1.54) is 25.0 Å². The molecule has 5 nitrogen and oxygen atoms in total. The van der Waals surface area contributed by atoms with E-state index in [2.05, 4.69) is 17.1 Å². The van der Waals surface area contributed by atoms with Crippen molar-refractivity contribution < 1.29 is 8.42 Å². The Morgan fingerprint density at radius 2 is 1.95 bits per heavy atom. The van der Waals surface area contributed by atoms with Crippen LogP contribution in [0.4, 0.5) is 5.69 Å². The third-order valence-electron chi connectivity index (χ3n) is 3.38. The molecule has 1 aromatic rings. The molecule has 19 heavy (non-hydrogen) atoms. The van der Waals surface area contributed by atoms with E-state index in [1.807, 2.05) is 0 Å². The lowest BCUT2D eigenvalue weighted by atomic mass is 10.3. The summed E-state index contributed by atoms with van der Waals surface area (Å²) in [5.41, 5.74) is 0.916. The number of nitrogens with two attached hydrogens (primary N) is 1. The Bertz CT molecular complexity index is 509. The summed E-state index contributed by atoms with van der Waals surface area (Å²) in [7, 11) is -3.60. The largest absolute Gasteiger partial charge is 0.384 e. The number of sulfonamides is 1. The van der Waals surface area contributed by atoms with Gasteiger partial charge >= 0.3 is 0 Å². The van der Waals surface area contributed by atoms with E-state index in [1.54, 1.807) is 12.1 Å². The molecule has 0 saturated heterocycles. The third-order valence-corrected chi connectivity index (χ3v) is 4.31. The van der Waals surface area contributed by atoms with E-state index in [4.69, 9.17) is 5.14 Å². The van der Waals surface area contributed by atoms with Crippen molar-refractivity contribution in [2.24, 2.45) is 5.14 Å². The van der Waals surface area contributed by atoms with Gasteiger partial charge in [-0.25, -0.2) is 13.6 Å². The standard InChI is InChI=1S/C13H21N3O2S/c1-2-16(12-5-6-12)10-9-15-11-3-7-13(8-4-11)19(14,17)18/h3-4,7-8,12,15H,2,5-6,9-10H2,1H3,(H2,14,17,18). The Morgan fingerprint density at radius 1 is 1.32 bits per heavy atom. The van der Waals surface area contributed by atoms with E-state index in [0.29, 0.717) is 0 Å². The molecule has 0 aliphatic heterocycles. The molecule has 6 heteroatoms. The Kier molecular flexibility index (Phi) is 4.44. The number of hydrogen-bond donors (Lipinski definition) is 2. The minimum absolute atomic E-state index is 0.145. The maximum Gasteiger partial charge on any atom is 0.238 e. The second kappa shape index (κ2) is 5.90. The van der Waals surface area contributed by atoms with Crippen LogP contribution in [0.1, 0.15) is 19.8 Å². The van der Waals surface area contributed by atoms with Crippen molar-refractivity contribution in [1.29, 1.82) is 0 Å². The van der Waals surface area contributed by atoms with Crippen molar-refractivity contribution in [3.63, 3.8) is 0 Å². The summed E-state index contributed by atoms with van der Waals surface area (Å²) in [6.45, 7) is 5.13. The lowest BCUT2D eigenvalue weighted by molar-refractivity contribution is 0.289. The van der Waals surface area contributed by atoms with Gasteiger partial charge in [-0.15, -0.1) is 0 Å². The smallest absolute Gasteiger partial charge is 0.238 e. The summed E-state index contributed by atoms with van der Waals surface area (Å²) < 4.78 is 22.2. The highest BCUT2D eigenvalue weighted by Crippen LogP contribution is 2.26. The van der Waals surface area contributed by atoms with Crippen LogP contribution in [0.15, 0.2) is 29.2 Å². The van der Waals surface area contributed by atoms with Gasteiger partial charge in [0, 0.05) is 24.8 Å². The molecule has 1 fully saturated rings. The maximum absolute atomic E-state index is 11.1. The average molecular weight is 283 g/mol. The Balaban J connectivity index is 1.83. The van der Waals surface area contributed by atoms with Gasteiger partial charge in [0.2, 0.25) is 10.0 Å². The summed E-state index contributed by atoms with van der Waals surface area (Å²) in [6.07, 6.45) is 2.63. The van der Waals surface area contributed by atoms with Crippen LogP contribution in [-0.2, 0) is 10.0 Å². The summed E-state index contributed by atoms with van der Waals surface area (Å²) >= 11 is 0. The highest BCUT2D eigenvalue weighted by atomic mass is 32.2. The second-order valence-electron chi connectivity index (χ2n) is 4.86. The van der Waals surface area contributed by atoms with Crippen molar-refractivity contribution in [1.82, 2.24) is 4.90 Å². The number of nitrogens with zero attached hydrogens (tertiary/aromatic N) is 1. The van der Waals surface area contributed by atoms with Gasteiger partial charge in [-0.3, -0.25) is 4.90 Å². The van der Waals surface area contributed by atoms with E-state index in [0.717, 1.165) is 31.4 Å². The zero-order valence-electron chi connectivity index (χ0n) is 11.2. The zero-order valence-corrected chi connectivity index (χ0v) is 12.0. The number of primary sulfonamides is 1. The number of likely N-dealkylation sites (N-methyl/N-ethyl adjacent to an activating group) is 1. The lowest BCUT2D eigenvalue weighted by Crippen LogP contribution is -2.30. The molecular weight excluding hydrogens is 262 g/mol. The molecule has 1 aromatic carbocycles. The molecule has 0 atom stereocenters. The summed E-state index contributed by atoms with van der Waals surface area (Å²) in [5.74, 6) is 0. The quantitative estimate of drug-likeness (QED) is 0.789. The Hall–Kier alpha value is -1.11. The van der Waals surface area contributed by atoms with Crippen LogP contribution in [0.25, 0.3) is 0 Å². The van der Waals surface area contributed by atoms with Gasteiger partial charge in [0.25, 0.3) is 0 Å². The van der Waals surface area contributed by atoms with E-state index < -0.39 is 10.0 Å². The molecule has 0 radical (unpaired) electrons. The van der Waals surface area contributed by atoms with Crippen molar-refractivity contribution in [2.45, 2.75) is 30.7 Å². The van der Waals surface area contributed by atoms with Crippen LogP contribution in [0.2, 0.25) is 0 Å². The number of benzene rings is 1. The minimum atomic E-state index is -3.60. The van der Waals surface area contributed by atoms with E-state index in [9.17, 15) is 8.42 Å². The van der Waals surface area contributed by atoms with Crippen molar-refractivity contribution in [3.05, 3.63) is 24.3 Å². The van der Waals surface area contributed by atoms with Gasteiger partial charge in [0.1, 0.15) is 0 Å². The lowest BCUT2D eigenvalue weighted by Gasteiger charge is -2.20. The predicted octanol–water partition coefficient (Wildman–Crippen LogP) is 1.23. The first kappa shape index (κ1) is 14.3. The first-order valence-corrected chi connectivity index (χ1v) is 8.16. The van der Waals surface area contributed by atoms with Crippen LogP contribution < -0.4 is 10.5 Å². The molecule has 0 aromatic heterocycles. The van der Waals surface area contributed by atoms with Crippen LogP contribution in [0.3, 0.4) is 0 Å². The third kappa shape index (κ3) is 4.19. The van der Waals surface area contributed by atoms with Gasteiger partial charge < -0.3 is 5.32 Å². The molecule has 1 saturated carbocycles. The average Bonchev–Trinajstić information content (AvgIpc) is 3.18. The van der Waals surface area contributed by atoms with Crippen molar-refractivity contribution in [3.8, 4) is 0 Å². The van der Waals surface area contributed by atoms with Gasteiger partial charge in [-0.05, 0) is 43.7 Å².